The zero-order valence-electron chi connectivity index (χ0n) is 15.0. The maximum atomic E-state index is 11.1. The Labute approximate surface area is 162 Å². The van der Waals surface area contributed by atoms with Crippen molar-refractivity contribution in [1.82, 2.24) is 10.2 Å². The fraction of sp³-hybridized carbons (Fsp3) is 0.611. The average Bonchev–Trinajstić information content (AvgIpc) is 2.54. The van der Waals surface area contributed by atoms with Gasteiger partial charge in [-0.15, -0.1) is 24.8 Å². The summed E-state index contributed by atoms with van der Waals surface area (Å²) in [5, 5.41) is 13.5. The third-order valence-corrected chi connectivity index (χ3v) is 4.29. The highest BCUT2D eigenvalue weighted by Crippen LogP contribution is 2.34. The van der Waals surface area contributed by atoms with Crippen LogP contribution in [-0.2, 0) is 4.79 Å². The number of hydrogen-bond donors (Lipinski definition) is 2. The summed E-state index contributed by atoms with van der Waals surface area (Å²) in [6, 6.07) is 5.72. The second-order valence-electron chi connectivity index (χ2n) is 6.12. The minimum Gasteiger partial charge on any atom is -0.504 e. The number of nitrogens with zero attached hydrogens (tertiary/aromatic N) is 1. The standard InChI is InChI=1S/C18H28N2O3.2ClH/c1-3-4-5-6-16(20-11-9-19-10-12-20)15-7-8-18(17(22)13-15)23-14(2)21;;/h7-8,13,16,19,22H,3-6,9-12H2,1-2H3;2*1H/t16-;;/m1../s1. The molecule has 0 radical (unpaired) electrons. The van der Waals surface area contributed by atoms with E-state index in [1.54, 1.807) is 12.1 Å². The topological polar surface area (TPSA) is 61.8 Å². The molecule has 7 heteroatoms. The summed E-state index contributed by atoms with van der Waals surface area (Å²) in [5.41, 5.74) is 1.09. The van der Waals surface area contributed by atoms with Crippen molar-refractivity contribution in [2.24, 2.45) is 0 Å². The molecule has 1 heterocycles. The van der Waals surface area contributed by atoms with Crippen LogP contribution in [0.15, 0.2) is 18.2 Å². The molecule has 0 amide bonds. The van der Waals surface area contributed by atoms with Crippen molar-refractivity contribution in [2.45, 2.75) is 45.6 Å². The third-order valence-electron chi connectivity index (χ3n) is 4.29. The van der Waals surface area contributed by atoms with Crippen molar-refractivity contribution < 1.29 is 14.6 Å². The van der Waals surface area contributed by atoms with E-state index in [1.165, 1.54) is 26.2 Å². The smallest absolute Gasteiger partial charge is 0.308 e. The van der Waals surface area contributed by atoms with Crippen LogP contribution in [0.4, 0.5) is 0 Å². The van der Waals surface area contributed by atoms with Gasteiger partial charge in [-0.2, -0.15) is 0 Å². The van der Waals surface area contributed by atoms with Gasteiger partial charge in [-0.3, -0.25) is 9.69 Å². The molecule has 0 bridgehead atoms. The van der Waals surface area contributed by atoms with E-state index in [0.717, 1.165) is 38.2 Å². The molecule has 1 atom stereocenters. The van der Waals surface area contributed by atoms with Crippen molar-refractivity contribution in [3.63, 3.8) is 0 Å². The number of unbranched alkanes of at least 4 members (excludes halogenated alkanes) is 2. The van der Waals surface area contributed by atoms with Gasteiger partial charge in [0.2, 0.25) is 0 Å². The molecule has 25 heavy (non-hydrogen) atoms. The van der Waals surface area contributed by atoms with Crippen LogP contribution >= 0.6 is 24.8 Å². The highest BCUT2D eigenvalue weighted by atomic mass is 35.5. The summed E-state index contributed by atoms with van der Waals surface area (Å²) in [6.07, 6.45) is 4.68. The van der Waals surface area contributed by atoms with Crippen molar-refractivity contribution in [2.75, 3.05) is 26.2 Å². The summed E-state index contributed by atoms with van der Waals surface area (Å²) >= 11 is 0. The number of nitrogens with one attached hydrogen (secondary N) is 1. The highest BCUT2D eigenvalue weighted by Gasteiger charge is 2.22. The Bertz CT molecular complexity index is 523. The van der Waals surface area contributed by atoms with Crippen LogP contribution in [0, 0.1) is 0 Å². The minimum atomic E-state index is -0.422. The van der Waals surface area contributed by atoms with Gasteiger partial charge in [0, 0.05) is 39.1 Å². The lowest BCUT2D eigenvalue weighted by molar-refractivity contribution is -0.132. The fourth-order valence-electron chi connectivity index (χ4n) is 3.12. The van der Waals surface area contributed by atoms with Crippen LogP contribution < -0.4 is 10.1 Å². The Balaban J connectivity index is 0.00000288. The van der Waals surface area contributed by atoms with Crippen LogP contribution in [-0.4, -0.2) is 42.2 Å². The molecule has 0 aliphatic carbocycles. The lowest BCUT2D eigenvalue weighted by atomic mass is 9.97. The second-order valence-corrected chi connectivity index (χ2v) is 6.12. The molecule has 0 saturated carbocycles. The number of piperazine rings is 1. The quantitative estimate of drug-likeness (QED) is 0.420. The Morgan fingerprint density at radius 3 is 2.52 bits per heavy atom. The maximum absolute atomic E-state index is 11.1. The zero-order chi connectivity index (χ0) is 16.7. The molecule has 0 unspecified atom stereocenters. The van der Waals surface area contributed by atoms with Gasteiger partial charge in [0.1, 0.15) is 0 Å². The van der Waals surface area contributed by atoms with Gasteiger partial charge in [0.15, 0.2) is 11.5 Å². The lowest BCUT2D eigenvalue weighted by Crippen LogP contribution is -2.45. The first-order chi connectivity index (χ1) is 11.1. The molecular formula is C18H30Cl2N2O3. The Morgan fingerprint density at radius 2 is 1.96 bits per heavy atom. The van der Waals surface area contributed by atoms with Gasteiger partial charge in [-0.1, -0.05) is 32.3 Å². The van der Waals surface area contributed by atoms with E-state index < -0.39 is 5.97 Å². The third kappa shape index (κ3) is 7.40. The fourth-order valence-corrected chi connectivity index (χ4v) is 3.12. The normalized spacial score (nSPS) is 15.6. The Kier molecular flexibility index (Phi) is 11.9. The number of benzene rings is 1. The van der Waals surface area contributed by atoms with Gasteiger partial charge in [0.25, 0.3) is 0 Å². The van der Waals surface area contributed by atoms with Crippen LogP contribution in [0.3, 0.4) is 0 Å². The molecule has 1 aliphatic rings. The molecule has 1 saturated heterocycles. The summed E-state index contributed by atoms with van der Waals surface area (Å²) in [5.74, 6) is -0.156. The largest absolute Gasteiger partial charge is 0.504 e. The molecule has 1 aliphatic heterocycles. The number of phenolic OH excluding ortho intramolecular Hbond substituents is 1. The predicted molar refractivity (Wildman–Crippen MR) is 105 cm³/mol. The number of phenols is 1. The van der Waals surface area contributed by atoms with Crippen molar-refractivity contribution in [3.8, 4) is 11.5 Å². The molecule has 0 spiro atoms. The van der Waals surface area contributed by atoms with Crippen molar-refractivity contribution in [3.05, 3.63) is 23.8 Å². The summed E-state index contributed by atoms with van der Waals surface area (Å²) in [6.45, 7) is 7.58. The maximum Gasteiger partial charge on any atom is 0.308 e. The zero-order valence-corrected chi connectivity index (χ0v) is 16.6. The van der Waals surface area contributed by atoms with Gasteiger partial charge in [-0.05, 0) is 24.1 Å². The van der Waals surface area contributed by atoms with E-state index in [2.05, 4.69) is 17.1 Å². The molecule has 1 aromatic rings. The van der Waals surface area contributed by atoms with E-state index in [1.807, 2.05) is 6.07 Å². The van der Waals surface area contributed by atoms with E-state index in [-0.39, 0.29) is 36.3 Å². The highest BCUT2D eigenvalue weighted by molar-refractivity contribution is 5.85. The minimum absolute atomic E-state index is 0. The molecule has 2 rings (SSSR count). The number of ether oxygens (including phenoxy) is 1. The Morgan fingerprint density at radius 1 is 1.28 bits per heavy atom. The number of hydrogen-bond acceptors (Lipinski definition) is 5. The molecule has 144 valence electrons. The van der Waals surface area contributed by atoms with Crippen LogP contribution in [0.2, 0.25) is 0 Å². The molecule has 0 aromatic heterocycles. The first kappa shape index (κ1) is 24.0. The number of carbonyl (C=O) groups is 1. The first-order valence-electron chi connectivity index (χ1n) is 8.58. The van der Waals surface area contributed by atoms with Crippen molar-refractivity contribution >= 4 is 30.8 Å². The molecule has 5 nitrogen and oxygen atoms in total. The molecule has 2 N–H and O–H groups in total. The van der Waals surface area contributed by atoms with Crippen LogP contribution in [0.5, 0.6) is 11.5 Å². The summed E-state index contributed by atoms with van der Waals surface area (Å²) in [7, 11) is 0. The van der Waals surface area contributed by atoms with E-state index >= 15 is 0 Å². The Hall–Kier alpha value is -1.01. The van der Waals surface area contributed by atoms with Crippen LogP contribution in [0.25, 0.3) is 0 Å². The molecule has 1 aromatic carbocycles. The van der Waals surface area contributed by atoms with Gasteiger partial charge >= 0.3 is 5.97 Å². The van der Waals surface area contributed by atoms with E-state index in [9.17, 15) is 9.90 Å². The van der Waals surface area contributed by atoms with E-state index in [0.29, 0.717) is 6.04 Å². The number of rotatable bonds is 7. The van der Waals surface area contributed by atoms with Crippen molar-refractivity contribution in [1.29, 1.82) is 0 Å². The first-order valence-corrected chi connectivity index (χ1v) is 8.58. The number of esters is 1. The number of carbonyl (C=O) groups excluding carboxylic acids is 1. The SMILES string of the molecule is CCCCC[C@H](c1ccc(OC(C)=O)c(O)c1)N1CCNCC1.Cl.Cl. The second kappa shape index (κ2) is 12.4. The van der Waals surface area contributed by atoms with Gasteiger partial charge in [0.05, 0.1) is 0 Å². The number of halogens is 2. The number of aromatic hydroxyl groups is 1. The van der Waals surface area contributed by atoms with E-state index in [4.69, 9.17) is 4.74 Å². The molecule has 1 fully saturated rings. The summed E-state index contributed by atoms with van der Waals surface area (Å²) < 4.78 is 5.01. The summed E-state index contributed by atoms with van der Waals surface area (Å²) in [4.78, 5) is 13.5. The lowest BCUT2D eigenvalue weighted by Gasteiger charge is -2.35. The van der Waals surface area contributed by atoms with Gasteiger partial charge < -0.3 is 15.2 Å². The van der Waals surface area contributed by atoms with Gasteiger partial charge in [-0.25, -0.2) is 0 Å². The predicted octanol–water partition coefficient (Wildman–Crippen LogP) is 3.69. The average molecular weight is 393 g/mol. The monoisotopic (exact) mass is 392 g/mol. The molecular weight excluding hydrogens is 363 g/mol. The van der Waals surface area contributed by atoms with Crippen LogP contribution in [0.1, 0.15) is 51.1 Å².